The molecule has 1 amide bonds. The van der Waals surface area contributed by atoms with Gasteiger partial charge >= 0.3 is 0 Å². The third-order valence-electron chi connectivity index (χ3n) is 6.11. The van der Waals surface area contributed by atoms with E-state index in [1.165, 1.54) is 25.3 Å². The third kappa shape index (κ3) is 2.72. The molecule has 3 N–H and O–H groups in total. The van der Waals surface area contributed by atoms with Crippen molar-refractivity contribution < 1.29 is 14.4 Å². The second kappa shape index (κ2) is 6.10. The highest BCUT2D eigenvalue weighted by Crippen LogP contribution is 2.40. The summed E-state index contributed by atoms with van der Waals surface area (Å²) in [5.74, 6) is -1.01. The number of nitrogens with one attached hydrogen (secondary N) is 2. The van der Waals surface area contributed by atoms with Gasteiger partial charge in [0.05, 0.1) is 0 Å². The maximum atomic E-state index is 14.5. The zero-order valence-corrected chi connectivity index (χ0v) is 13.8. The Labute approximate surface area is 141 Å². The first-order valence-electron chi connectivity index (χ1n) is 8.85. The van der Waals surface area contributed by atoms with Crippen molar-refractivity contribution in [1.29, 1.82) is 0 Å². The molecule has 1 spiro atoms. The van der Waals surface area contributed by atoms with Crippen LogP contribution in [0.5, 0.6) is 0 Å². The summed E-state index contributed by atoms with van der Waals surface area (Å²) in [6.45, 7) is 2.56. The van der Waals surface area contributed by atoms with Gasteiger partial charge in [-0.15, -0.1) is 0 Å². The highest BCUT2D eigenvalue weighted by Gasteiger charge is 2.42. The Morgan fingerprint density at radius 3 is 2.96 bits per heavy atom. The molecular formula is C18H24FN3O2. The quantitative estimate of drug-likeness (QED) is 0.572. The molecule has 6 heteroatoms. The molecule has 1 atom stereocenters. The van der Waals surface area contributed by atoms with E-state index in [4.69, 9.17) is 5.21 Å². The molecule has 0 radical (unpaired) electrons. The molecule has 5 nitrogen and oxygen atoms in total. The number of carbonyl (C=O) groups is 1. The average Bonchev–Trinajstić information content (AvgIpc) is 2.59. The topological polar surface area (TPSA) is 64.6 Å². The average molecular weight is 333 g/mol. The smallest absolute Gasteiger partial charge is 0.274 e. The number of rotatable bonds is 2. The minimum Gasteiger partial charge on any atom is -0.311 e. The SMILES string of the molecule is O=C(NO)c1cc(F)c2c(c1)CCN([C@H]1CCNC3(CCC3)C1)C2. The van der Waals surface area contributed by atoms with Crippen LogP contribution in [-0.2, 0) is 13.0 Å². The van der Waals surface area contributed by atoms with E-state index >= 15 is 0 Å². The zero-order chi connectivity index (χ0) is 16.7. The van der Waals surface area contributed by atoms with E-state index in [9.17, 15) is 9.18 Å². The van der Waals surface area contributed by atoms with Crippen molar-refractivity contribution >= 4 is 5.91 Å². The summed E-state index contributed by atoms with van der Waals surface area (Å²) in [6.07, 6.45) is 6.87. The van der Waals surface area contributed by atoms with Crippen LogP contribution in [0, 0.1) is 5.82 Å². The number of fused-ring (bicyclic) bond motifs is 1. The molecule has 0 aromatic heterocycles. The second-order valence-corrected chi connectivity index (χ2v) is 7.46. The lowest BCUT2D eigenvalue weighted by Crippen LogP contribution is -2.60. The van der Waals surface area contributed by atoms with Crippen molar-refractivity contribution in [2.45, 2.75) is 56.7 Å². The zero-order valence-electron chi connectivity index (χ0n) is 13.8. The lowest BCUT2D eigenvalue weighted by Gasteiger charge is -2.51. The number of carbonyl (C=O) groups excluding carboxylic acids is 1. The number of hydrogen-bond acceptors (Lipinski definition) is 4. The van der Waals surface area contributed by atoms with Crippen molar-refractivity contribution in [1.82, 2.24) is 15.7 Å². The standard InChI is InChI=1S/C18H24FN3O2/c19-16-9-13(17(23)21-24)8-12-3-7-22(11-15(12)16)14-2-6-20-18(10-14)4-1-5-18/h8-9,14,20,24H,1-7,10-11H2,(H,21,23)/t14-/m0/s1. The van der Waals surface area contributed by atoms with Crippen LogP contribution in [0.3, 0.4) is 0 Å². The molecule has 0 unspecified atom stereocenters. The Hall–Kier alpha value is -1.50. The largest absolute Gasteiger partial charge is 0.311 e. The summed E-state index contributed by atoms with van der Waals surface area (Å²) < 4.78 is 14.5. The van der Waals surface area contributed by atoms with Gasteiger partial charge < -0.3 is 5.32 Å². The molecule has 1 saturated heterocycles. The van der Waals surface area contributed by atoms with Crippen LogP contribution < -0.4 is 10.8 Å². The van der Waals surface area contributed by atoms with E-state index in [2.05, 4.69) is 10.2 Å². The fourth-order valence-electron chi connectivity index (χ4n) is 4.57. The molecule has 0 bridgehead atoms. The monoisotopic (exact) mass is 333 g/mol. The van der Waals surface area contributed by atoms with Gasteiger partial charge in [-0.1, -0.05) is 0 Å². The first-order valence-corrected chi connectivity index (χ1v) is 8.85. The molecule has 24 heavy (non-hydrogen) atoms. The number of amides is 1. The van der Waals surface area contributed by atoms with E-state index in [1.807, 2.05) is 0 Å². The predicted molar refractivity (Wildman–Crippen MR) is 87.4 cm³/mol. The minimum absolute atomic E-state index is 0.178. The molecule has 1 aliphatic carbocycles. The van der Waals surface area contributed by atoms with Crippen LogP contribution >= 0.6 is 0 Å². The molecule has 1 aromatic carbocycles. The summed E-state index contributed by atoms with van der Waals surface area (Å²) in [4.78, 5) is 13.9. The lowest BCUT2D eigenvalue weighted by molar-refractivity contribution is 0.0537. The summed E-state index contributed by atoms with van der Waals surface area (Å²) in [7, 11) is 0. The fourth-order valence-corrected chi connectivity index (χ4v) is 4.57. The van der Waals surface area contributed by atoms with Gasteiger partial charge in [0.25, 0.3) is 5.91 Å². The summed E-state index contributed by atoms with van der Waals surface area (Å²) in [5.41, 5.74) is 3.68. The van der Waals surface area contributed by atoms with Gasteiger partial charge in [0.1, 0.15) is 5.82 Å². The summed E-state index contributed by atoms with van der Waals surface area (Å²) in [6, 6.07) is 3.44. The van der Waals surface area contributed by atoms with E-state index in [-0.39, 0.29) is 11.4 Å². The number of hydrogen-bond donors (Lipinski definition) is 3. The van der Waals surface area contributed by atoms with Gasteiger partial charge in [-0.25, -0.2) is 9.87 Å². The Morgan fingerprint density at radius 1 is 1.42 bits per heavy atom. The van der Waals surface area contributed by atoms with Crippen LogP contribution in [0.2, 0.25) is 0 Å². The molecule has 4 rings (SSSR count). The van der Waals surface area contributed by atoms with Gasteiger partial charge in [-0.2, -0.15) is 0 Å². The van der Waals surface area contributed by atoms with Crippen LogP contribution in [0.15, 0.2) is 12.1 Å². The summed E-state index contributed by atoms with van der Waals surface area (Å²) in [5, 5.41) is 12.4. The molecule has 2 heterocycles. The first kappa shape index (κ1) is 16.0. The Balaban J connectivity index is 1.52. The molecule has 2 fully saturated rings. The van der Waals surface area contributed by atoms with E-state index in [0.29, 0.717) is 23.7 Å². The van der Waals surface area contributed by atoms with Crippen LogP contribution in [0.25, 0.3) is 0 Å². The van der Waals surface area contributed by atoms with Crippen molar-refractivity contribution in [2.75, 3.05) is 13.1 Å². The minimum atomic E-state index is -0.663. The maximum Gasteiger partial charge on any atom is 0.274 e. The van der Waals surface area contributed by atoms with Crippen molar-refractivity contribution in [3.05, 3.63) is 34.6 Å². The van der Waals surface area contributed by atoms with Crippen molar-refractivity contribution in [3.63, 3.8) is 0 Å². The van der Waals surface area contributed by atoms with Crippen molar-refractivity contribution in [3.8, 4) is 0 Å². The van der Waals surface area contributed by atoms with Gasteiger partial charge in [0.2, 0.25) is 0 Å². The van der Waals surface area contributed by atoms with Gasteiger partial charge in [0, 0.05) is 35.8 Å². The molecule has 1 aromatic rings. The number of benzene rings is 1. The van der Waals surface area contributed by atoms with E-state index < -0.39 is 5.91 Å². The molecule has 2 aliphatic heterocycles. The van der Waals surface area contributed by atoms with Crippen molar-refractivity contribution in [2.24, 2.45) is 0 Å². The number of halogens is 1. The molecule has 130 valence electrons. The Bertz CT molecular complexity index is 660. The molecule has 1 saturated carbocycles. The van der Waals surface area contributed by atoms with Gasteiger partial charge in [-0.3, -0.25) is 14.9 Å². The lowest BCUT2D eigenvalue weighted by atomic mass is 9.70. The number of piperidine rings is 1. The number of hydroxylamine groups is 1. The third-order valence-corrected chi connectivity index (χ3v) is 6.11. The van der Waals surface area contributed by atoms with E-state index in [0.717, 1.165) is 37.9 Å². The molecule has 3 aliphatic rings. The summed E-state index contributed by atoms with van der Waals surface area (Å²) >= 11 is 0. The Morgan fingerprint density at radius 2 is 2.25 bits per heavy atom. The Kier molecular flexibility index (Phi) is 4.06. The molecular weight excluding hydrogens is 309 g/mol. The first-order chi connectivity index (χ1) is 11.6. The van der Waals surface area contributed by atoms with E-state index in [1.54, 1.807) is 11.5 Å². The fraction of sp³-hybridized carbons (Fsp3) is 0.611. The van der Waals surface area contributed by atoms with Crippen LogP contribution in [0.4, 0.5) is 4.39 Å². The number of nitrogens with zero attached hydrogens (tertiary/aromatic N) is 1. The predicted octanol–water partition coefficient (Wildman–Crippen LogP) is 1.98. The highest BCUT2D eigenvalue weighted by atomic mass is 19.1. The van der Waals surface area contributed by atoms with Crippen LogP contribution in [-0.4, -0.2) is 40.7 Å². The second-order valence-electron chi connectivity index (χ2n) is 7.46. The maximum absolute atomic E-state index is 14.5. The normalized spacial score (nSPS) is 25.8. The van der Waals surface area contributed by atoms with Crippen LogP contribution in [0.1, 0.15) is 53.6 Å². The van der Waals surface area contributed by atoms with Gasteiger partial charge in [-0.05, 0) is 62.8 Å². The highest BCUT2D eigenvalue weighted by molar-refractivity contribution is 5.93. The van der Waals surface area contributed by atoms with Gasteiger partial charge in [0.15, 0.2) is 0 Å².